The van der Waals surface area contributed by atoms with Crippen LogP contribution in [-0.4, -0.2) is 12.6 Å². The SMILES string of the molecule is CCCCCCCCC=CCCCCCCCC(=O)OCc1ccc2c(c1)C=CC(=CCl)CO2. The van der Waals surface area contributed by atoms with E-state index >= 15 is 0 Å². The molecule has 0 radical (unpaired) electrons. The highest BCUT2D eigenvalue weighted by Gasteiger charge is 2.09. The largest absolute Gasteiger partial charge is 0.488 e. The Bertz CT molecular complexity index is 794. The zero-order chi connectivity index (χ0) is 24.3. The van der Waals surface area contributed by atoms with E-state index in [4.69, 9.17) is 21.1 Å². The summed E-state index contributed by atoms with van der Waals surface area (Å²) in [7, 11) is 0. The monoisotopic (exact) mass is 486 g/mol. The summed E-state index contributed by atoms with van der Waals surface area (Å²) in [6.45, 7) is 3.02. The lowest BCUT2D eigenvalue weighted by Crippen LogP contribution is -2.05. The smallest absolute Gasteiger partial charge is 0.306 e. The minimum Gasteiger partial charge on any atom is -0.488 e. The van der Waals surface area contributed by atoms with Crippen LogP contribution in [0.25, 0.3) is 6.08 Å². The number of carbonyl (C=O) groups excluding carboxylic acids is 1. The zero-order valence-corrected chi connectivity index (χ0v) is 21.8. The van der Waals surface area contributed by atoms with Gasteiger partial charge in [0.05, 0.1) is 0 Å². The van der Waals surface area contributed by atoms with Crippen molar-refractivity contribution in [3.63, 3.8) is 0 Å². The number of ether oxygens (including phenoxy) is 2. The molecule has 0 fully saturated rings. The highest BCUT2D eigenvalue weighted by molar-refractivity contribution is 6.25. The van der Waals surface area contributed by atoms with Crippen molar-refractivity contribution in [2.75, 3.05) is 6.61 Å². The van der Waals surface area contributed by atoms with Crippen LogP contribution >= 0.6 is 11.6 Å². The Hall–Kier alpha value is -2.00. The molecule has 1 aromatic carbocycles. The summed E-state index contributed by atoms with van der Waals surface area (Å²) in [5.74, 6) is 0.694. The molecule has 1 aliphatic heterocycles. The van der Waals surface area contributed by atoms with E-state index < -0.39 is 0 Å². The lowest BCUT2D eigenvalue weighted by molar-refractivity contribution is -0.145. The van der Waals surface area contributed by atoms with Gasteiger partial charge in [0.15, 0.2) is 0 Å². The molecule has 188 valence electrons. The molecule has 2 rings (SSSR count). The molecule has 0 unspecified atom stereocenters. The standard InChI is InChI=1S/C30H43ClO3/c1-2-3-4-5-6-7-8-9-10-11-12-13-14-15-16-17-30(32)34-24-26-19-21-29-28(22-26)20-18-27(23-31)25-33-29/h9-10,18-23H,2-8,11-17,24-25H2,1H3. The second-order valence-electron chi connectivity index (χ2n) is 9.17. The van der Waals surface area contributed by atoms with Gasteiger partial charge in [-0.2, -0.15) is 0 Å². The van der Waals surface area contributed by atoms with E-state index in [9.17, 15) is 4.79 Å². The maximum Gasteiger partial charge on any atom is 0.306 e. The van der Waals surface area contributed by atoms with Crippen molar-refractivity contribution >= 4 is 23.6 Å². The van der Waals surface area contributed by atoms with Crippen molar-refractivity contribution in [1.29, 1.82) is 0 Å². The van der Waals surface area contributed by atoms with Crippen LogP contribution in [0.3, 0.4) is 0 Å². The number of carbonyl (C=O) groups is 1. The van der Waals surface area contributed by atoms with Crippen molar-refractivity contribution in [1.82, 2.24) is 0 Å². The molecule has 3 nitrogen and oxygen atoms in total. The Balaban J connectivity index is 1.47. The third-order valence-electron chi connectivity index (χ3n) is 6.13. The first-order valence-corrected chi connectivity index (χ1v) is 13.7. The minimum absolute atomic E-state index is 0.119. The van der Waals surface area contributed by atoms with Crippen molar-refractivity contribution in [3.8, 4) is 5.75 Å². The molecule has 4 heteroatoms. The summed E-state index contributed by atoms with van der Waals surface area (Å²) in [6, 6.07) is 5.86. The van der Waals surface area contributed by atoms with E-state index in [2.05, 4.69) is 19.1 Å². The Labute approximate surface area is 212 Å². The van der Waals surface area contributed by atoms with Crippen LogP contribution in [-0.2, 0) is 16.1 Å². The second kappa shape index (κ2) is 18.3. The number of unbranched alkanes of at least 4 members (excludes halogenated alkanes) is 11. The fraction of sp³-hybridized carbons (Fsp3) is 0.567. The first-order valence-electron chi connectivity index (χ1n) is 13.3. The minimum atomic E-state index is -0.119. The van der Waals surface area contributed by atoms with Gasteiger partial charge in [-0.3, -0.25) is 4.79 Å². The van der Waals surface area contributed by atoms with Gasteiger partial charge in [0.25, 0.3) is 0 Å². The summed E-state index contributed by atoms with van der Waals surface area (Å²) in [4.78, 5) is 12.1. The molecule has 0 N–H and O–H groups in total. The van der Waals surface area contributed by atoms with Gasteiger partial charge in [-0.1, -0.05) is 100 Å². The fourth-order valence-electron chi connectivity index (χ4n) is 4.00. The Morgan fingerprint density at radius 2 is 1.62 bits per heavy atom. The molecule has 1 aromatic rings. The predicted molar refractivity (Wildman–Crippen MR) is 144 cm³/mol. The van der Waals surface area contributed by atoms with Crippen LogP contribution in [0.4, 0.5) is 0 Å². The van der Waals surface area contributed by atoms with E-state index in [-0.39, 0.29) is 5.97 Å². The lowest BCUT2D eigenvalue weighted by Gasteiger charge is -2.09. The van der Waals surface area contributed by atoms with E-state index in [0.717, 1.165) is 35.3 Å². The summed E-state index contributed by atoms with van der Waals surface area (Å²) in [5.41, 5.74) is 4.38. The molecule has 0 amide bonds. The van der Waals surface area contributed by atoms with Crippen molar-refractivity contribution in [3.05, 3.63) is 58.7 Å². The molecule has 1 aliphatic rings. The molecule has 0 aliphatic carbocycles. The van der Waals surface area contributed by atoms with Crippen molar-refractivity contribution in [2.45, 2.75) is 103 Å². The van der Waals surface area contributed by atoms with Gasteiger partial charge in [-0.25, -0.2) is 0 Å². The average molecular weight is 487 g/mol. The number of esters is 1. The summed E-state index contributed by atoms with van der Waals surface area (Å²) in [6.07, 6.45) is 25.4. The number of halogens is 1. The Morgan fingerprint density at radius 1 is 0.941 bits per heavy atom. The van der Waals surface area contributed by atoms with Crippen LogP contribution in [0.2, 0.25) is 0 Å². The van der Waals surface area contributed by atoms with Crippen LogP contribution in [0, 0.1) is 0 Å². The molecular formula is C30H43ClO3. The Morgan fingerprint density at radius 3 is 2.32 bits per heavy atom. The molecule has 0 saturated carbocycles. The van der Waals surface area contributed by atoms with Crippen molar-refractivity contribution < 1.29 is 14.3 Å². The summed E-state index contributed by atoms with van der Waals surface area (Å²) < 4.78 is 11.2. The van der Waals surface area contributed by atoms with Crippen molar-refractivity contribution in [2.24, 2.45) is 0 Å². The van der Waals surface area contributed by atoms with Crippen LogP contribution in [0.15, 0.2) is 47.5 Å². The number of hydrogen-bond acceptors (Lipinski definition) is 3. The molecule has 0 aromatic heterocycles. The number of hydrogen-bond donors (Lipinski definition) is 0. The van der Waals surface area contributed by atoms with E-state index in [1.165, 1.54) is 76.2 Å². The van der Waals surface area contributed by atoms with Crippen LogP contribution in [0.1, 0.15) is 108 Å². The van der Waals surface area contributed by atoms with E-state index in [1.807, 2.05) is 30.4 Å². The normalized spacial score (nSPS) is 14.2. The second-order valence-corrected chi connectivity index (χ2v) is 9.39. The molecular weight excluding hydrogens is 444 g/mol. The van der Waals surface area contributed by atoms with Crippen LogP contribution < -0.4 is 4.74 Å². The average Bonchev–Trinajstić information content (AvgIpc) is 3.07. The first-order chi connectivity index (χ1) is 16.7. The third-order valence-corrected chi connectivity index (χ3v) is 6.41. The lowest BCUT2D eigenvalue weighted by atomic mass is 10.1. The zero-order valence-electron chi connectivity index (χ0n) is 21.0. The van der Waals surface area contributed by atoms with Gasteiger partial charge >= 0.3 is 5.97 Å². The fourth-order valence-corrected chi connectivity index (χ4v) is 4.14. The topological polar surface area (TPSA) is 35.5 Å². The van der Waals surface area contributed by atoms with Gasteiger partial charge in [0.2, 0.25) is 0 Å². The predicted octanol–water partition coefficient (Wildman–Crippen LogP) is 9.30. The van der Waals surface area contributed by atoms with Gasteiger partial charge in [0, 0.05) is 23.1 Å². The maximum atomic E-state index is 12.1. The molecule has 1 heterocycles. The summed E-state index contributed by atoms with van der Waals surface area (Å²) >= 11 is 5.78. The number of benzene rings is 1. The van der Waals surface area contributed by atoms with E-state index in [0.29, 0.717) is 19.6 Å². The maximum absolute atomic E-state index is 12.1. The Kier molecular flexibility index (Phi) is 15.2. The van der Waals surface area contributed by atoms with Gasteiger partial charge < -0.3 is 9.47 Å². The number of fused-ring (bicyclic) bond motifs is 1. The molecule has 0 bridgehead atoms. The van der Waals surface area contributed by atoms with Gasteiger partial charge in [-0.15, -0.1) is 0 Å². The molecule has 34 heavy (non-hydrogen) atoms. The number of allylic oxidation sites excluding steroid dienone is 2. The van der Waals surface area contributed by atoms with Gasteiger partial charge in [-0.05, 0) is 49.8 Å². The highest BCUT2D eigenvalue weighted by Crippen LogP contribution is 2.26. The van der Waals surface area contributed by atoms with Crippen LogP contribution in [0.5, 0.6) is 5.75 Å². The first kappa shape index (κ1) is 28.2. The molecule has 0 spiro atoms. The van der Waals surface area contributed by atoms with Gasteiger partial charge in [0.1, 0.15) is 19.0 Å². The quantitative estimate of drug-likeness (QED) is 0.125. The number of rotatable bonds is 17. The third kappa shape index (κ3) is 12.5. The highest BCUT2D eigenvalue weighted by atomic mass is 35.5. The van der Waals surface area contributed by atoms with E-state index in [1.54, 1.807) is 0 Å². The summed E-state index contributed by atoms with van der Waals surface area (Å²) in [5, 5.41) is 0. The molecule has 0 atom stereocenters. The molecule has 0 saturated heterocycles.